The quantitative estimate of drug-likeness (QED) is 0.786. The van der Waals surface area contributed by atoms with Crippen LogP contribution in [0, 0.1) is 6.92 Å². The number of aryl methyl sites for hydroxylation is 1. The van der Waals surface area contributed by atoms with E-state index in [1.165, 1.54) is 18.2 Å². The van der Waals surface area contributed by atoms with E-state index in [0.717, 1.165) is 22.7 Å². The fourth-order valence-corrected chi connectivity index (χ4v) is 2.31. The van der Waals surface area contributed by atoms with Crippen LogP contribution in [0.1, 0.15) is 20.8 Å². The van der Waals surface area contributed by atoms with Gasteiger partial charge in [0, 0.05) is 6.54 Å². The van der Waals surface area contributed by atoms with Gasteiger partial charge in [0.2, 0.25) is 0 Å². The third kappa shape index (κ3) is 3.85. The van der Waals surface area contributed by atoms with E-state index in [1.807, 2.05) is 31.2 Å². The Morgan fingerprint density at radius 2 is 2.10 bits per heavy atom. The molecule has 0 aliphatic rings. The van der Waals surface area contributed by atoms with Gasteiger partial charge < -0.3 is 9.64 Å². The van der Waals surface area contributed by atoms with Crippen molar-refractivity contribution in [1.29, 1.82) is 0 Å². The number of esters is 1. The normalized spacial score (nSPS) is 10.2. The number of rotatable bonds is 5. The summed E-state index contributed by atoms with van der Waals surface area (Å²) in [5.74, 6) is -0.743. The fourth-order valence-electron chi connectivity index (χ4n) is 1.83. The van der Waals surface area contributed by atoms with E-state index in [9.17, 15) is 9.59 Å². The predicted molar refractivity (Wildman–Crippen MR) is 77.8 cm³/mol. The highest BCUT2D eigenvalue weighted by Gasteiger charge is 2.21. The van der Waals surface area contributed by atoms with Gasteiger partial charge in [-0.1, -0.05) is 28.8 Å². The van der Waals surface area contributed by atoms with Crippen molar-refractivity contribution in [2.24, 2.45) is 0 Å². The van der Waals surface area contributed by atoms with E-state index in [4.69, 9.17) is 0 Å². The Morgan fingerprint density at radius 1 is 1.33 bits per heavy atom. The van der Waals surface area contributed by atoms with Gasteiger partial charge >= 0.3 is 5.97 Å². The average Bonchev–Trinajstić information content (AvgIpc) is 3.02. The van der Waals surface area contributed by atoms with Gasteiger partial charge in [-0.15, -0.1) is 5.10 Å². The van der Waals surface area contributed by atoms with Crippen LogP contribution < -0.4 is 0 Å². The van der Waals surface area contributed by atoms with Crippen LogP contribution in [0.25, 0.3) is 0 Å². The van der Waals surface area contributed by atoms with Crippen LogP contribution in [-0.4, -0.2) is 40.0 Å². The van der Waals surface area contributed by atoms with E-state index < -0.39 is 5.97 Å². The van der Waals surface area contributed by atoms with Crippen molar-refractivity contribution in [3.63, 3.8) is 0 Å². The second-order valence-electron chi connectivity index (χ2n) is 4.45. The summed E-state index contributed by atoms with van der Waals surface area (Å²) >= 11 is 1.00. The van der Waals surface area contributed by atoms with E-state index >= 15 is 0 Å². The molecular weight excluding hydrogens is 290 g/mol. The van der Waals surface area contributed by atoms with E-state index in [2.05, 4.69) is 14.3 Å². The molecule has 1 aromatic carbocycles. The second-order valence-corrected chi connectivity index (χ2v) is 5.23. The minimum Gasteiger partial charge on any atom is -0.468 e. The first-order valence-electron chi connectivity index (χ1n) is 6.29. The number of hydrogen-bond acceptors (Lipinski definition) is 6. The van der Waals surface area contributed by atoms with Crippen molar-refractivity contribution in [2.75, 3.05) is 13.7 Å². The first kappa shape index (κ1) is 15.1. The zero-order valence-electron chi connectivity index (χ0n) is 11.8. The third-order valence-electron chi connectivity index (χ3n) is 3.03. The van der Waals surface area contributed by atoms with Crippen molar-refractivity contribution in [3.8, 4) is 0 Å². The zero-order valence-corrected chi connectivity index (χ0v) is 12.6. The molecule has 0 aliphatic carbocycles. The third-order valence-corrected chi connectivity index (χ3v) is 3.68. The number of methoxy groups -OCH3 is 1. The van der Waals surface area contributed by atoms with Crippen molar-refractivity contribution < 1.29 is 14.3 Å². The van der Waals surface area contributed by atoms with Crippen molar-refractivity contribution >= 4 is 23.4 Å². The molecule has 2 aromatic rings. The number of nitrogens with zero attached hydrogens (tertiary/aromatic N) is 3. The average molecular weight is 305 g/mol. The fraction of sp³-hybridized carbons (Fsp3) is 0.286. The summed E-state index contributed by atoms with van der Waals surface area (Å²) in [6, 6.07) is 7.72. The maximum absolute atomic E-state index is 12.4. The molecule has 21 heavy (non-hydrogen) atoms. The lowest BCUT2D eigenvalue weighted by Crippen LogP contribution is -2.35. The van der Waals surface area contributed by atoms with Gasteiger partial charge in [-0.05, 0) is 29.6 Å². The lowest BCUT2D eigenvalue weighted by Gasteiger charge is -2.21. The molecule has 1 heterocycles. The van der Waals surface area contributed by atoms with E-state index in [-0.39, 0.29) is 12.5 Å². The molecule has 0 saturated carbocycles. The summed E-state index contributed by atoms with van der Waals surface area (Å²) in [6.45, 7) is 2.18. The summed E-state index contributed by atoms with van der Waals surface area (Å²) in [6.07, 6.45) is 1.40. The van der Waals surface area contributed by atoms with Gasteiger partial charge in [0.15, 0.2) is 0 Å². The lowest BCUT2D eigenvalue weighted by atomic mass is 10.1. The molecule has 0 saturated heterocycles. The maximum atomic E-state index is 12.4. The molecule has 0 fully saturated rings. The first-order chi connectivity index (χ1) is 10.1. The summed E-state index contributed by atoms with van der Waals surface area (Å²) < 4.78 is 8.33. The molecule has 0 unspecified atom stereocenters. The van der Waals surface area contributed by atoms with Crippen molar-refractivity contribution in [2.45, 2.75) is 13.5 Å². The van der Waals surface area contributed by atoms with Crippen LogP contribution in [0.5, 0.6) is 0 Å². The van der Waals surface area contributed by atoms with Gasteiger partial charge in [-0.25, -0.2) is 0 Å². The van der Waals surface area contributed by atoms with Gasteiger partial charge in [0.25, 0.3) is 5.91 Å². The van der Waals surface area contributed by atoms with Crippen LogP contribution in [0.15, 0.2) is 30.5 Å². The Labute approximate surface area is 126 Å². The lowest BCUT2D eigenvalue weighted by molar-refractivity contribution is -0.141. The van der Waals surface area contributed by atoms with E-state index in [0.29, 0.717) is 11.4 Å². The van der Waals surface area contributed by atoms with Crippen molar-refractivity contribution in [3.05, 3.63) is 46.5 Å². The molecule has 0 N–H and O–H groups in total. The zero-order chi connectivity index (χ0) is 15.2. The van der Waals surface area contributed by atoms with Crippen LogP contribution in [0.3, 0.4) is 0 Å². The number of ether oxygens (including phenoxy) is 1. The molecule has 110 valence electrons. The largest absolute Gasteiger partial charge is 0.468 e. The molecule has 6 nitrogen and oxygen atoms in total. The molecule has 1 aromatic heterocycles. The Hall–Kier alpha value is -2.28. The molecule has 0 bridgehead atoms. The highest BCUT2D eigenvalue weighted by Crippen LogP contribution is 2.14. The van der Waals surface area contributed by atoms with Crippen LogP contribution >= 0.6 is 11.5 Å². The molecule has 0 aliphatic heterocycles. The molecule has 0 spiro atoms. The Kier molecular flexibility index (Phi) is 4.99. The first-order valence-corrected chi connectivity index (χ1v) is 7.07. The monoisotopic (exact) mass is 305 g/mol. The topological polar surface area (TPSA) is 72.4 Å². The molecule has 0 radical (unpaired) electrons. The summed E-state index contributed by atoms with van der Waals surface area (Å²) in [4.78, 5) is 25.8. The Morgan fingerprint density at radius 3 is 2.71 bits per heavy atom. The van der Waals surface area contributed by atoms with Crippen LogP contribution in [0.2, 0.25) is 0 Å². The van der Waals surface area contributed by atoms with Gasteiger partial charge in [0.1, 0.15) is 11.4 Å². The number of benzene rings is 1. The smallest absolute Gasteiger partial charge is 0.325 e. The highest BCUT2D eigenvalue weighted by molar-refractivity contribution is 7.07. The summed E-state index contributed by atoms with van der Waals surface area (Å²) in [5, 5.41) is 3.65. The van der Waals surface area contributed by atoms with Gasteiger partial charge in [0.05, 0.1) is 13.3 Å². The van der Waals surface area contributed by atoms with Crippen molar-refractivity contribution in [1.82, 2.24) is 14.5 Å². The molecule has 0 atom stereocenters. The molecule has 2 rings (SSSR count). The van der Waals surface area contributed by atoms with Crippen LogP contribution in [0.4, 0.5) is 0 Å². The molecular formula is C14H15N3O3S. The highest BCUT2D eigenvalue weighted by atomic mass is 32.1. The Bertz CT molecular complexity index is 628. The number of carbonyl (C=O) groups excluding carboxylic acids is 2. The summed E-state index contributed by atoms with van der Waals surface area (Å²) in [7, 11) is 1.30. The molecule has 7 heteroatoms. The minimum atomic E-state index is -0.464. The van der Waals surface area contributed by atoms with Gasteiger partial charge in [-0.3, -0.25) is 9.59 Å². The SMILES string of the molecule is COC(=O)CN(Cc1ccccc1C)C(=O)c1cnns1. The predicted octanol–water partition coefficient (Wildman–Crippen LogP) is 1.66. The second kappa shape index (κ2) is 6.94. The maximum Gasteiger partial charge on any atom is 0.325 e. The summed E-state index contributed by atoms with van der Waals surface area (Å²) in [5.41, 5.74) is 2.04. The van der Waals surface area contributed by atoms with E-state index in [1.54, 1.807) is 0 Å². The number of carbonyl (C=O) groups is 2. The number of aromatic nitrogens is 2. The molecule has 1 amide bonds. The number of hydrogen-bond donors (Lipinski definition) is 0. The number of amides is 1. The Balaban J connectivity index is 2.22. The minimum absolute atomic E-state index is 0.110. The standard InChI is InChI=1S/C14H15N3O3S/c1-10-5-3-4-6-11(10)8-17(9-13(18)20-2)14(19)12-7-15-16-21-12/h3-7H,8-9H2,1-2H3. The van der Waals surface area contributed by atoms with Gasteiger partial charge in [-0.2, -0.15) is 0 Å². The van der Waals surface area contributed by atoms with Crippen LogP contribution in [-0.2, 0) is 16.1 Å².